The summed E-state index contributed by atoms with van der Waals surface area (Å²) in [5.41, 5.74) is 4.73. The van der Waals surface area contributed by atoms with Crippen molar-refractivity contribution in [2.24, 2.45) is 5.73 Å². The van der Waals surface area contributed by atoms with E-state index in [1.165, 1.54) is 4.57 Å². The zero-order chi connectivity index (χ0) is 10.6. The molecule has 0 bridgehead atoms. The molecule has 0 saturated heterocycles. The molecular formula is C7H12N4O2S. The lowest BCUT2D eigenvalue weighted by Gasteiger charge is -2.01. The number of hydrogen-bond acceptors (Lipinski definition) is 4. The number of rotatable bonds is 5. The van der Waals surface area contributed by atoms with Gasteiger partial charge in [0.1, 0.15) is 0 Å². The number of nitrogens with one attached hydrogen (secondary N) is 1. The van der Waals surface area contributed by atoms with E-state index >= 15 is 0 Å². The fourth-order valence-electron chi connectivity index (χ4n) is 0.970. The second kappa shape index (κ2) is 4.85. The van der Waals surface area contributed by atoms with Gasteiger partial charge in [0.15, 0.2) is 5.16 Å². The monoisotopic (exact) mass is 216 g/mol. The molecule has 3 N–H and O–H groups in total. The number of amides is 1. The molecule has 7 heteroatoms. The van der Waals surface area contributed by atoms with Crippen LogP contribution in [0.4, 0.5) is 0 Å². The molecule has 1 heterocycles. The van der Waals surface area contributed by atoms with E-state index in [9.17, 15) is 9.59 Å². The third-order valence-corrected chi connectivity index (χ3v) is 2.51. The molecule has 0 saturated carbocycles. The van der Waals surface area contributed by atoms with Crippen molar-refractivity contribution in [3.63, 3.8) is 0 Å². The second-order valence-electron chi connectivity index (χ2n) is 2.72. The summed E-state index contributed by atoms with van der Waals surface area (Å²) in [5, 5.41) is 6.63. The Morgan fingerprint density at radius 1 is 1.71 bits per heavy atom. The minimum Gasteiger partial charge on any atom is -0.369 e. The van der Waals surface area contributed by atoms with Crippen LogP contribution in [0.25, 0.3) is 0 Å². The minimum atomic E-state index is -0.423. The fraction of sp³-hybridized carbons (Fsp3) is 0.571. The molecule has 0 fully saturated rings. The smallest absolute Gasteiger partial charge is 0.343 e. The number of carbonyl (C=O) groups is 1. The lowest BCUT2D eigenvalue weighted by atomic mass is 10.5. The number of aromatic nitrogens is 3. The number of nitrogens with two attached hydrogens (primary N) is 1. The van der Waals surface area contributed by atoms with Gasteiger partial charge in [0.2, 0.25) is 5.91 Å². The van der Waals surface area contributed by atoms with E-state index in [1.807, 2.05) is 6.92 Å². The van der Waals surface area contributed by atoms with Gasteiger partial charge in [0.25, 0.3) is 0 Å². The van der Waals surface area contributed by atoms with Crippen molar-refractivity contribution >= 4 is 17.7 Å². The SMILES string of the molecule is CCCn1c(SCC(N)=O)n[nH]c1=O. The summed E-state index contributed by atoms with van der Waals surface area (Å²) in [4.78, 5) is 21.7. The number of aromatic amines is 1. The molecule has 14 heavy (non-hydrogen) atoms. The Morgan fingerprint density at radius 2 is 2.43 bits per heavy atom. The zero-order valence-corrected chi connectivity index (χ0v) is 8.63. The third kappa shape index (κ3) is 2.63. The van der Waals surface area contributed by atoms with Gasteiger partial charge in [-0.15, -0.1) is 5.10 Å². The number of primary amides is 1. The molecule has 0 aliphatic rings. The van der Waals surface area contributed by atoms with Crippen LogP contribution >= 0.6 is 11.8 Å². The standard InChI is InChI=1S/C7H12N4O2S/c1-2-3-11-6(13)9-10-7(11)14-4-5(8)12/h2-4H2,1H3,(H2,8,12)(H,9,13). The van der Waals surface area contributed by atoms with E-state index in [0.29, 0.717) is 11.7 Å². The van der Waals surface area contributed by atoms with Crippen molar-refractivity contribution < 1.29 is 4.79 Å². The summed E-state index contributed by atoms with van der Waals surface area (Å²) < 4.78 is 1.49. The van der Waals surface area contributed by atoms with E-state index in [4.69, 9.17) is 5.73 Å². The summed E-state index contributed by atoms with van der Waals surface area (Å²) >= 11 is 1.16. The first-order chi connectivity index (χ1) is 6.65. The molecule has 0 spiro atoms. The highest BCUT2D eigenvalue weighted by Crippen LogP contribution is 2.12. The lowest BCUT2D eigenvalue weighted by molar-refractivity contribution is -0.115. The number of H-pyrrole nitrogens is 1. The van der Waals surface area contributed by atoms with Crippen LogP contribution in [0, 0.1) is 0 Å². The molecule has 0 atom stereocenters. The average Bonchev–Trinajstić information content (AvgIpc) is 2.46. The van der Waals surface area contributed by atoms with Crippen LogP contribution in [0.1, 0.15) is 13.3 Å². The molecule has 1 rings (SSSR count). The predicted molar refractivity (Wildman–Crippen MR) is 53.1 cm³/mol. The number of nitrogens with zero attached hydrogens (tertiary/aromatic N) is 2. The highest BCUT2D eigenvalue weighted by molar-refractivity contribution is 7.99. The van der Waals surface area contributed by atoms with E-state index in [1.54, 1.807) is 0 Å². The summed E-state index contributed by atoms with van der Waals surface area (Å²) in [6, 6.07) is 0. The van der Waals surface area contributed by atoms with Gasteiger partial charge in [-0.3, -0.25) is 9.36 Å². The van der Waals surface area contributed by atoms with Gasteiger partial charge >= 0.3 is 5.69 Å². The van der Waals surface area contributed by atoms with E-state index < -0.39 is 5.91 Å². The van der Waals surface area contributed by atoms with Crippen molar-refractivity contribution in [1.82, 2.24) is 14.8 Å². The van der Waals surface area contributed by atoms with E-state index in [-0.39, 0.29) is 11.4 Å². The highest BCUT2D eigenvalue weighted by atomic mass is 32.2. The van der Waals surface area contributed by atoms with Gasteiger partial charge < -0.3 is 5.73 Å². The number of hydrogen-bond donors (Lipinski definition) is 2. The van der Waals surface area contributed by atoms with Crippen LogP contribution < -0.4 is 11.4 Å². The van der Waals surface area contributed by atoms with Gasteiger partial charge in [-0.1, -0.05) is 18.7 Å². The van der Waals surface area contributed by atoms with Crippen LogP contribution in [0.5, 0.6) is 0 Å². The number of thioether (sulfide) groups is 1. The first kappa shape index (κ1) is 10.8. The molecule has 0 aliphatic carbocycles. The fourth-order valence-corrected chi connectivity index (χ4v) is 1.68. The zero-order valence-electron chi connectivity index (χ0n) is 7.82. The Kier molecular flexibility index (Phi) is 3.75. The maximum Gasteiger partial charge on any atom is 0.343 e. The molecule has 1 aromatic heterocycles. The van der Waals surface area contributed by atoms with E-state index in [0.717, 1.165) is 18.2 Å². The Bertz CT molecular complexity index is 370. The van der Waals surface area contributed by atoms with Gasteiger partial charge in [-0.25, -0.2) is 9.89 Å². The van der Waals surface area contributed by atoms with Gasteiger partial charge in [0.05, 0.1) is 5.75 Å². The topological polar surface area (TPSA) is 93.8 Å². The van der Waals surface area contributed by atoms with Crippen molar-refractivity contribution in [3.8, 4) is 0 Å². The van der Waals surface area contributed by atoms with Crippen molar-refractivity contribution in [2.75, 3.05) is 5.75 Å². The first-order valence-corrected chi connectivity index (χ1v) is 5.20. The molecule has 0 radical (unpaired) electrons. The molecule has 0 aromatic carbocycles. The van der Waals surface area contributed by atoms with Crippen molar-refractivity contribution in [1.29, 1.82) is 0 Å². The van der Waals surface area contributed by atoms with Gasteiger partial charge in [-0.2, -0.15) is 0 Å². The quantitative estimate of drug-likeness (QED) is 0.652. The predicted octanol–water partition coefficient (Wildman–Crippen LogP) is -0.441. The second-order valence-corrected chi connectivity index (χ2v) is 3.66. The van der Waals surface area contributed by atoms with Crippen LogP contribution in [-0.4, -0.2) is 26.4 Å². The average molecular weight is 216 g/mol. The lowest BCUT2D eigenvalue weighted by Crippen LogP contribution is -2.18. The molecule has 0 unspecified atom stereocenters. The molecular weight excluding hydrogens is 204 g/mol. The van der Waals surface area contributed by atoms with Gasteiger partial charge in [0, 0.05) is 6.54 Å². The Labute approximate surface area is 84.9 Å². The molecule has 1 aromatic rings. The molecule has 1 amide bonds. The summed E-state index contributed by atoms with van der Waals surface area (Å²) in [5.74, 6) is -0.290. The Morgan fingerprint density at radius 3 is 3.00 bits per heavy atom. The van der Waals surface area contributed by atoms with Crippen LogP contribution in [0.15, 0.2) is 9.95 Å². The summed E-state index contributed by atoms with van der Waals surface area (Å²) in [6.45, 7) is 2.55. The highest BCUT2D eigenvalue weighted by Gasteiger charge is 2.08. The summed E-state index contributed by atoms with van der Waals surface area (Å²) in [7, 11) is 0. The largest absolute Gasteiger partial charge is 0.369 e. The van der Waals surface area contributed by atoms with Crippen LogP contribution in [0.2, 0.25) is 0 Å². The van der Waals surface area contributed by atoms with Crippen LogP contribution in [0.3, 0.4) is 0 Å². The van der Waals surface area contributed by atoms with Crippen molar-refractivity contribution in [2.45, 2.75) is 25.0 Å². The van der Waals surface area contributed by atoms with Gasteiger partial charge in [-0.05, 0) is 6.42 Å². The van der Waals surface area contributed by atoms with E-state index in [2.05, 4.69) is 10.2 Å². The normalized spacial score (nSPS) is 10.4. The third-order valence-electron chi connectivity index (χ3n) is 1.51. The first-order valence-electron chi connectivity index (χ1n) is 4.21. The Balaban J connectivity index is 2.75. The molecule has 6 nitrogen and oxygen atoms in total. The number of carbonyl (C=O) groups excluding carboxylic acids is 1. The molecule has 78 valence electrons. The maximum absolute atomic E-state index is 11.2. The van der Waals surface area contributed by atoms with Crippen molar-refractivity contribution in [3.05, 3.63) is 10.5 Å². The maximum atomic E-state index is 11.2. The summed E-state index contributed by atoms with van der Waals surface area (Å²) in [6.07, 6.45) is 0.837. The molecule has 0 aliphatic heterocycles. The minimum absolute atomic E-state index is 0.133. The Hall–Kier alpha value is -1.24. The van der Waals surface area contributed by atoms with Crippen LogP contribution in [-0.2, 0) is 11.3 Å².